The van der Waals surface area contributed by atoms with E-state index in [0.717, 1.165) is 37.0 Å². The van der Waals surface area contributed by atoms with Gasteiger partial charge in [0.05, 0.1) is 17.7 Å². The lowest BCUT2D eigenvalue weighted by Crippen LogP contribution is -2.49. The smallest absolute Gasteiger partial charge is 0.255 e. The molecule has 3 rings (SSSR count). The molecule has 2 aromatic rings. The van der Waals surface area contributed by atoms with Crippen molar-refractivity contribution in [1.82, 2.24) is 14.8 Å². The van der Waals surface area contributed by atoms with E-state index in [1.54, 1.807) is 25.1 Å². The van der Waals surface area contributed by atoms with Gasteiger partial charge in [-0.1, -0.05) is 6.07 Å². The van der Waals surface area contributed by atoms with Gasteiger partial charge in [-0.25, -0.2) is 4.98 Å². The van der Waals surface area contributed by atoms with Crippen LogP contribution in [0.2, 0.25) is 0 Å². The summed E-state index contributed by atoms with van der Waals surface area (Å²) in [5.74, 6) is 1.01. The van der Waals surface area contributed by atoms with Crippen molar-refractivity contribution in [2.75, 3.05) is 39.5 Å². The van der Waals surface area contributed by atoms with Crippen LogP contribution < -0.4 is 4.74 Å². The number of hydrogen-bond donors (Lipinski definition) is 0. The van der Waals surface area contributed by atoms with E-state index in [9.17, 15) is 4.79 Å². The Labute approximate surface area is 172 Å². The van der Waals surface area contributed by atoms with Crippen molar-refractivity contribution in [1.29, 1.82) is 0 Å². The molecule has 1 atom stereocenters. The van der Waals surface area contributed by atoms with Crippen molar-refractivity contribution >= 4 is 17.7 Å². The summed E-state index contributed by atoms with van der Waals surface area (Å²) in [6.07, 6.45) is 3.67. The molecule has 1 fully saturated rings. The summed E-state index contributed by atoms with van der Waals surface area (Å²) in [6.45, 7) is 9.73. The molecule has 150 valence electrons. The van der Waals surface area contributed by atoms with Gasteiger partial charge in [-0.3, -0.25) is 9.69 Å². The minimum Gasteiger partial charge on any atom is -0.496 e. The lowest BCUT2D eigenvalue weighted by molar-refractivity contribution is 0.0581. The highest BCUT2D eigenvalue weighted by Crippen LogP contribution is 2.31. The Hall–Kier alpha value is -2.05. The zero-order valence-corrected chi connectivity index (χ0v) is 18.2. The molecule has 1 amide bonds. The second-order valence-corrected chi connectivity index (χ2v) is 8.03. The molecular formula is C22H29N3O2S. The van der Waals surface area contributed by atoms with Crippen LogP contribution in [0, 0.1) is 13.8 Å². The van der Waals surface area contributed by atoms with Gasteiger partial charge in [0.1, 0.15) is 5.75 Å². The fourth-order valence-electron chi connectivity index (χ4n) is 3.81. The average molecular weight is 400 g/mol. The molecule has 2 heterocycles. The predicted octanol–water partition coefficient (Wildman–Crippen LogP) is 3.95. The topological polar surface area (TPSA) is 45.7 Å². The number of carbonyl (C=O) groups excluding carboxylic acids is 1. The van der Waals surface area contributed by atoms with Crippen molar-refractivity contribution in [3.05, 3.63) is 52.7 Å². The molecule has 1 aliphatic heterocycles. The van der Waals surface area contributed by atoms with Crippen LogP contribution in [0.15, 0.2) is 35.5 Å². The number of pyridine rings is 1. The quantitative estimate of drug-likeness (QED) is 0.713. The number of methoxy groups -OCH3 is 1. The van der Waals surface area contributed by atoms with E-state index in [2.05, 4.69) is 42.8 Å². The number of piperazine rings is 1. The Morgan fingerprint density at radius 3 is 2.39 bits per heavy atom. The number of amides is 1. The maximum Gasteiger partial charge on any atom is 0.255 e. The zero-order chi connectivity index (χ0) is 20.3. The van der Waals surface area contributed by atoms with Crippen LogP contribution in [0.3, 0.4) is 0 Å². The Kier molecular flexibility index (Phi) is 6.62. The number of nitrogens with zero attached hydrogens (tertiary/aromatic N) is 3. The fraction of sp³-hybridized carbons (Fsp3) is 0.455. The number of hydrogen-bond acceptors (Lipinski definition) is 5. The second kappa shape index (κ2) is 8.97. The molecule has 0 saturated carbocycles. The van der Waals surface area contributed by atoms with Crippen molar-refractivity contribution < 1.29 is 9.53 Å². The van der Waals surface area contributed by atoms with Gasteiger partial charge in [0, 0.05) is 38.4 Å². The molecule has 0 spiro atoms. The van der Waals surface area contributed by atoms with Crippen molar-refractivity contribution in [2.45, 2.75) is 31.8 Å². The molecule has 1 aliphatic rings. The molecule has 6 heteroatoms. The van der Waals surface area contributed by atoms with Gasteiger partial charge in [0.15, 0.2) is 0 Å². The number of aromatic nitrogens is 1. The van der Waals surface area contributed by atoms with Gasteiger partial charge < -0.3 is 9.64 Å². The molecule has 1 aromatic carbocycles. The summed E-state index contributed by atoms with van der Waals surface area (Å²) in [7, 11) is 1.71. The summed E-state index contributed by atoms with van der Waals surface area (Å²) in [5.41, 5.74) is 4.48. The van der Waals surface area contributed by atoms with Crippen molar-refractivity contribution in [3.8, 4) is 5.75 Å². The van der Waals surface area contributed by atoms with Crippen molar-refractivity contribution in [3.63, 3.8) is 0 Å². The van der Waals surface area contributed by atoms with E-state index >= 15 is 0 Å². The zero-order valence-electron chi connectivity index (χ0n) is 17.4. The van der Waals surface area contributed by atoms with Gasteiger partial charge in [0.25, 0.3) is 5.91 Å². The van der Waals surface area contributed by atoms with Crippen LogP contribution in [0.4, 0.5) is 0 Å². The van der Waals surface area contributed by atoms with E-state index in [4.69, 9.17) is 4.74 Å². The molecular weight excluding hydrogens is 370 g/mol. The Balaban J connectivity index is 1.64. The average Bonchev–Trinajstić information content (AvgIpc) is 2.75. The number of thioether (sulfide) groups is 1. The lowest BCUT2D eigenvalue weighted by Gasteiger charge is -2.38. The lowest BCUT2D eigenvalue weighted by atomic mass is 9.96. The van der Waals surface area contributed by atoms with E-state index in [1.165, 1.54) is 16.7 Å². The third-order valence-electron chi connectivity index (χ3n) is 5.79. The standard InChI is InChI=1S/C22H29N3O2S/c1-15-16(2)20(27-4)8-7-19(15)17(3)24-10-12-25(13-11-24)22(26)18-6-9-21(28-5)23-14-18/h6-9,14,17H,10-13H2,1-5H3. The summed E-state index contributed by atoms with van der Waals surface area (Å²) in [5, 5.41) is 0.931. The van der Waals surface area contributed by atoms with Gasteiger partial charge in [-0.15, -0.1) is 11.8 Å². The largest absolute Gasteiger partial charge is 0.496 e. The SMILES string of the molecule is COc1ccc(C(C)N2CCN(C(=O)c3ccc(SC)nc3)CC2)c(C)c1C. The first-order valence-corrected chi connectivity index (χ1v) is 10.9. The Bertz CT molecular complexity index is 830. The maximum absolute atomic E-state index is 12.8. The van der Waals surface area contributed by atoms with Crippen LogP contribution in [0.25, 0.3) is 0 Å². The third-order valence-corrected chi connectivity index (χ3v) is 6.45. The molecule has 28 heavy (non-hydrogen) atoms. The number of benzene rings is 1. The fourth-order valence-corrected chi connectivity index (χ4v) is 4.17. The van der Waals surface area contributed by atoms with Crippen LogP contribution in [-0.2, 0) is 0 Å². The highest BCUT2D eigenvalue weighted by molar-refractivity contribution is 7.98. The molecule has 5 nitrogen and oxygen atoms in total. The minimum atomic E-state index is 0.0731. The van der Waals surface area contributed by atoms with Gasteiger partial charge >= 0.3 is 0 Å². The Morgan fingerprint density at radius 2 is 1.82 bits per heavy atom. The monoisotopic (exact) mass is 399 g/mol. The van der Waals surface area contributed by atoms with Crippen LogP contribution in [-0.4, -0.2) is 60.2 Å². The third kappa shape index (κ3) is 4.18. The van der Waals surface area contributed by atoms with E-state index in [1.807, 2.05) is 23.3 Å². The van der Waals surface area contributed by atoms with Gasteiger partial charge in [-0.2, -0.15) is 0 Å². The highest BCUT2D eigenvalue weighted by atomic mass is 32.2. The molecule has 1 aromatic heterocycles. The summed E-state index contributed by atoms with van der Waals surface area (Å²) in [6, 6.07) is 8.32. The van der Waals surface area contributed by atoms with Gasteiger partial charge in [0.2, 0.25) is 0 Å². The molecule has 0 radical (unpaired) electrons. The molecule has 1 saturated heterocycles. The van der Waals surface area contributed by atoms with E-state index in [0.29, 0.717) is 11.6 Å². The molecule has 0 N–H and O–H groups in total. The van der Waals surface area contributed by atoms with E-state index in [-0.39, 0.29) is 5.91 Å². The van der Waals surface area contributed by atoms with Crippen LogP contribution in [0.1, 0.15) is 40.0 Å². The highest BCUT2D eigenvalue weighted by Gasteiger charge is 2.26. The normalized spacial score (nSPS) is 16.1. The summed E-state index contributed by atoms with van der Waals surface area (Å²) < 4.78 is 5.44. The maximum atomic E-state index is 12.8. The van der Waals surface area contributed by atoms with Crippen LogP contribution >= 0.6 is 11.8 Å². The Morgan fingerprint density at radius 1 is 1.11 bits per heavy atom. The summed E-state index contributed by atoms with van der Waals surface area (Å²) in [4.78, 5) is 21.5. The molecule has 1 unspecified atom stereocenters. The first kappa shape index (κ1) is 20.7. The first-order valence-electron chi connectivity index (χ1n) is 9.63. The van der Waals surface area contributed by atoms with Crippen LogP contribution in [0.5, 0.6) is 5.75 Å². The molecule has 0 bridgehead atoms. The summed E-state index contributed by atoms with van der Waals surface area (Å²) >= 11 is 1.58. The first-order chi connectivity index (χ1) is 13.5. The van der Waals surface area contributed by atoms with Gasteiger partial charge in [-0.05, 0) is 61.9 Å². The minimum absolute atomic E-state index is 0.0731. The predicted molar refractivity (Wildman–Crippen MR) is 114 cm³/mol. The number of carbonyl (C=O) groups is 1. The second-order valence-electron chi connectivity index (χ2n) is 7.20. The van der Waals surface area contributed by atoms with Crippen molar-refractivity contribution in [2.24, 2.45) is 0 Å². The number of ether oxygens (including phenoxy) is 1. The number of rotatable bonds is 5. The molecule has 0 aliphatic carbocycles. The van der Waals surface area contributed by atoms with E-state index < -0.39 is 0 Å².